The fraction of sp³-hybridized carbons (Fsp3) is 0.333. The van der Waals surface area contributed by atoms with E-state index in [4.69, 9.17) is 0 Å². The normalized spacial score (nSPS) is 19.1. The topological polar surface area (TPSA) is 0 Å². The van der Waals surface area contributed by atoms with Gasteiger partial charge in [-0.3, -0.25) is 0 Å². The first kappa shape index (κ1) is 15.4. The summed E-state index contributed by atoms with van der Waals surface area (Å²) in [5, 5.41) is 0. The van der Waals surface area contributed by atoms with Crippen LogP contribution in [-0.4, -0.2) is 0 Å². The van der Waals surface area contributed by atoms with Crippen LogP contribution in [0.2, 0.25) is 0 Å². The quantitative estimate of drug-likeness (QED) is 0.498. The maximum Gasteiger partial charge on any atom is -1.00 e. The number of allylic oxidation sites excluding steroid dienone is 8. The molecule has 0 radical (unpaired) electrons. The first-order chi connectivity index (χ1) is 6.20. The Hall–Kier alpha value is 0.423. The Morgan fingerprint density at radius 2 is 1.80 bits per heavy atom. The van der Waals surface area contributed by atoms with Crippen LogP contribution in [0.3, 0.4) is 0 Å². The van der Waals surface area contributed by atoms with E-state index in [0.717, 1.165) is 6.42 Å². The molecule has 0 nitrogen and oxygen atoms in total. The van der Waals surface area contributed by atoms with E-state index in [-0.39, 0.29) is 24.8 Å². The fourth-order valence-electron chi connectivity index (χ4n) is 1.90. The van der Waals surface area contributed by atoms with Crippen molar-refractivity contribution in [2.24, 2.45) is 0 Å². The molecule has 0 heterocycles. The summed E-state index contributed by atoms with van der Waals surface area (Å²) in [7, 11) is 0. The zero-order valence-electron chi connectivity index (χ0n) is 8.90. The third-order valence-corrected chi connectivity index (χ3v) is 4.08. The van der Waals surface area contributed by atoms with Crippen molar-refractivity contribution < 1.29 is 49.5 Å². The van der Waals surface area contributed by atoms with Gasteiger partial charge in [0.1, 0.15) is 0 Å². The van der Waals surface area contributed by atoms with Gasteiger partial charge in [0.05, 0.1) is 0 Å². The average molecular weight is 319 g/mol. The molecular weight excluding hydrogens is 306 g/mol. The SMILES string of the molecule is CC1=CCC(C2=[C]([Zr+2])CC=C2)=C1C.[Cl-].[Cl-]. The van der Waals surface area contributed by atoms with Gasteiger partial charge in [0, 0.05) is 0 Å². The van der Waals surface area contributed by atoms with Crippen molar-refractivity contribution >= 4 is 0 Å². The maximum absolute atomic E-state index is 2.34. The number of hydrogen-bond acceptors (Lipinski definition) is 0. The van der Waals surface area contributed by atoms with Crippen LogP contribution in [0.25, 0.3) is 0 Å². The van der Waals surface area contributed by atoms with E-state index in [1.54, 1.807) is 33.6 Å². The van der Waals surface area contributed by atoms with Gasteiger partial charge < -0.3 is 24.8 Å². The Morgan fingerprint density at radius 3 is 2.20 bits per heavy atom. The van der Waals surface area contributed by atoms with Crippen LogP contribution in [0.4, 0.5) is 0 Å². The molecule has 3 heteroatoms. The molecule has 0 spiro atoms. The van der Waals surface area contributed by atoms with Gasteiger partial charge in [-0.1, -0.05) is 0 Å². The Balaban J connectivity index is 0.000000980. The molecule has 0 aromatic rings. The zero-order chi connectivity index (χ0) is 9.42. The van der Waals surface area contributed by atoms with Gasteiger partial charge in [-0.05, 0) is 0 Å². The molecular formula is C12H13Cl2Zr. The van der Waals surface area contributed by atoms with Crippen LogP contribution in [0.5, 0.6) is 0 Å². The van der Waals surface area contributed by atoms with Crippen LogP contribution >= 0.6 is 0 Å². The van der Waals surface area contributed by atoms with E-state index in [1.807, 2.05) is 0 Å². The molecule has 0 fully saturated rings. The molecule has 2 aliphatic rings. The molecule has 0 aliphatic heterocycles. The first-order valence-electron chi connectivity index (χ1n) is 4.68. The predicted octanol–water partition coefficient (Wildman–Crippen LogP) is -2.58. The van der Waals surface area contributed by atoms with Crippen molar-refractivity contribution in [3.63, 3.8) is 0 Å². The average Bonchev–Trinajstić information content (AvgIpc) is 2.62. The van der Waals surface area contributed by atoms with Crippen LogP contribution in [0.1, 0.15) is 26.7 Å². The van der Waals surface area contributed by atoms with Crippen LogP contribution in [-0.2, 0) is 24.7 Å². The minimum Gasteiger partial charge on any atom is -1.00 e. The molecule has 0 unspecified atom stereocenters. The van der Waals surface area contributed by atoms with Crippen molar-refractivity contribution in [3.8, 4) is 0 Å². The second kappa shape index (κ2) is 6.23. The number of halogens is 2. The van der Waals surface area contributed by atoms with Crippen molar-refractivity contribution in [3.05, 3.63) is 43.8 Å². The van der Waals surface area contributed by atoms with E-state index in [1.165, 1.54) is 23.1 Å². The van der Waals surface area contributed by atoms with Gasteiger partial charge >= 0.3 is 95.2 Å². The first-order valence-corrected chi connectivity index (χ1v) is 5.91. The predicted molar refractivity (Wildman–Crippen MR) is 51.9 cm³/mol. The molecule has 0 saturated carbocycles. The third-order valence-electron chi connectivity index (χ3n) is 2.91. The summed E-state index contributed by atoms with van der Waals surface area (Å²) in [6.45, 7) is 4.46. The van der Waals surface area contributed by atoms with Crippen molar-refractivity contribution in [2.45, 2.75) is 26.7 Å². The third kappa shape index (κ3) is 2.96. The molecule has 15 heavy (non-hydrogen) atoms. The minimum absolute atomic E-state index is 0. The van der Waals surface area contributed by atoms with E-state index >= 15 is 0 Å². The molecule has 0 aromatic carbocycles. The molecule has 79 valence electrons. The molecule has 0 bridgehead atoms. The van der Waals surface area contributed by atoms with Gasteiger partial charge in [0.25, 0.3) is 0 Å². The van der Waals surface area contributed by atoms with Gasteiger partial charge in [0.2, 0.25) is 0 Å². The molecule has 0 saturated heterocycles. The van der Waals surface area contributed by atoms with E-state index in [2.05, 4.69) is 32.1 Å². The standard InChI is InChI=1S/C12H13.2ClH.Zr/c1-9-7-8-12(10(9)2)11-5-3-4-6-11;;;/h3,5,7H,4,8H2,1-2H3;2*1H;/q;;;+2/p-2. The monoisotopic (exact) mass is 317 g/mol. The second-order valence-corrected chi connectivity index (χ2v) is 5.18. The number of hydrogen-bond donors (Lipinski definition) is 0. The zero-order valence-corrected chi connectivity index (χ0v) is 12.9. The summed E-state index contributed by atoms with van der Waals surface area (Å²) in [4.78, 5) is 0. The molecule has 0 atom stereocenters. The van der Waals surface area contributed by atoms with E-state index in [0.29, 0.717) is 0 Å². The van der Waals surface area contributed by atoms with Crippen LogP contribution in [0.15, 0.2) is 43.8 Å². The van der Waals surface area contributed by atoms with Crippen molar-refractivity contribution in [2.75, 3.05) is 0 Å². The van der Waals surface area contributed by atoms with Gasteiger partial charge in [-0.15, -0.1) is 0 Å². The van der Waals surface area contributed by atoms with Gasteiger partial charge in [-0.25, -0.2) is 0 Å². The molecule has 0 N–H and O–H groups in total. The molecule has 0 amide bonds. The summed E-state index contributed by atoms with van der Waals surface area (Å²) in [5.74, 6) is 0. The Kier molecular flexibility index (Phi) is 6.41. The van der Waals surface area contributed by atoms with Gasteiger partial charge in [-0.2, -0.15) is 0 Å². The molecule has 0 aromatic heterocycles. The van der Waals surface area contributed by atoms with E-state index in [9.17, 15) is 0 Å². The van der Waals surface area contributed by atoms with Crippen molar-refractivity contribution in [1.82, 2.24) is 0 Å². The molecule has 2 rings (SSSR count). The van der Waals surface area contributed by atoms with Crippen molar-refractivity contribution in [1.29, 1.82) is 0 Å². The number of rotatable bonds is 1. The minimum atomic E-state index is 0. The maximum atomic E-state index is 2.34. The largest absolute Gasteiger partial charge is 1.00 e. The Bertz CT molecular complexity index is 373. The Morgan fingerprint density at radius 1 is 1.13 bits per heavy atom. The fourth-order valence-corrected chi connectivity index (χ4v) is 2.76. The summed E-state index contributed by atoms with van der Waals surface area (Å²) in [6, 6.07) is 0. The van der Waals surface area contributed by atoms with Crippen LogP contribution in [0, 0.1) is 0 Å². The summed E-state index contributed by atoms with van der Waals surface area (Å²) in [5.41, 5.74) is 6.06. The van der Waals surface area contributed by atoms with Gasteiger partial charge in [0.15, 0.2) is 0 Å². The van der Waals surface area contributed by atoms with E-state index < -0.39 is 0 Å². The molecule has 2 aliphatic carbocycles. The second-order valence-electron chi connectivity index (χ2n) is 3.69. The smallest absolute Gasteiger partial charge is 1.00 e. The summed E-state index contributed by atoms with van der Waals surface area (Å²) >= 11 is 1.58. The van der Waals surface area contributed by atoms with Crippen LogP contribution < -0.4 is 24.8 Å². The Labute approximate surface area is 119 Å². The summed E-state index contributed by atoms with van der Waals surface area (Å²) < 4.78 is 1.62. The summed E-state index contributed by atoms with van der Waals surface area (Å²) in [6.07, 6.45) is 9.26.